The molecule has 1 fully saturated rings. The monoisotopic (exact) mass is 304 g/mol. The molecule has 0 bridgehead atoms. The van der Waals surface area contributed by atoms with Gasteiger partial charge in [-0.1, -0.05) is 24.3 Å². The molecule has 2 heterocycles. The fraction of sp³-hybridized carbons (Fsp3) is 0.167. The smallest absolute Gasteiger partial charge is 0.275 e. The number of pyridine rings is 1. The van der Waals surface area contributed by atoms with E-state index in [1.807, 2.05) is 48.5 Å². The molecule has 1 aliphatic rings. The summed E-state index contributed by atoms with van der Waals surface area (Å²) in [4.78, 5) is 16.8. The molecule has 23 heavy (non-hydrogen) atoms. The molecule has 1 N–H and O–H groups in total. The van der Waals surface area contributed by atoms with Crippen molar-refractivity contribution in [1.82, 2.24) is 14.8 Å². The van der Waals surface area contributed by atoms with E-state index in [2.05, 4.69) is 15.4 Å². The first-order chi connectivity index (χ1) is 11.3. The number of amides is 1. The van der Waals surface area contributed by atoms with Crippen LogP contribution >= 0.6 is 0 Å². The van der Waals surface area contributed by atoms with Gasteiger partial charge in [0.1, 0.15) is 11.5 Å². The summed E-state index contributed by atoms with van der Waals surface area (Å²) in [5.41, 5.74) is 2.40. The number of hydrogen-bond acceptors (Lipinski definition) is 3. The van der Waals surface area contributed by atoms with Gasteiger partial charge in [-0.05, 0) is 43.2 Å². The summed E-state index contributed by atoms with van der Waals surface area (Å²) in [7, 11) is 0. The molecule has 5 heteroatoms. The van der Waals surface area contributed by atoms with Crippen molar-refractivity contribution in [1.29, 1.82) is 0 Å². The summed E-state index contributed by atoms with van der Waals surface area (Å²) in [5, 5.41) is 7.47. The topological polar surface area (TPSA) is 59.8 Å². The maximum atomic E-state index is 12.7. The molecule has 0 unspecified atom stereocenters. The Labute approximate surface area is 134 Å². The van der Waals surface area contributed by atoms with Crippen LogP contribution in [0.4, 0.5) is 5.82 Å². The molecule has 1 amide bonds. The highest BCUT2D eigenvalue weighted by atomic mass is 16.2. The van der Waals surface area contributed by atoms with Gasteiger partial charge < -0.3 is 5.32 Å². The van der Waals surface area contributed by atoms with E-state index in [0.717, 1.165) is 24.2 Å². The Balaban J connectivity index is 1.70. The van der Waals surface area contributed by atoms with Gasteiger partial charge >= 0.3 is 0 Å². The van der Waals surface area contributed by atoms with Crippen LogP contribution in [-0.2, 0) is 0 Å². The van der Waals surface area contributed by atoms with Gasteiger partial charge in [-0.3, -0.25) is 4.79 Å². The van der Waals surface area contributed by atoms with Gasteiger partial charge in [0.2, 0.25) is 0 Å². The van der Waals surface area contributed by atoms with Crippen molar-refractivity contribution in [2.45, 2.75) is 18.8 Å². The first kappa shape index (κ1) is 13.7. The number of nitrogens with zero attached hydrogens (tertiary/aromatic N) is 3. The number of rotatable bonds is 4. The highest BCUT2D eigenvalue weighted by Crippen LogP contribution is 2.39. The van der Waals surface area contributed by atoms with Crippen molar-refractivity contribution in [2.24, 2.45) is 0 Å². The SMILES string of the molecule is O=C(Nc1ccccn1)c1cc(C2CC2)nn1-c1ccccc1. The molecule has 3 aromatic rings. The minimum absolute atomic E-state index is 0.202. The zero-order chi connectivity index (χ0) is 15.6. The molecule has 1 aromatic carbocycles. The molecule has 0 aliphatic heterocycles. The molecule has 114 valence electrons. The molecular weight excluding hydrogens is 288 g/mol. The van der Waals surface area contributed by atoms with Gasteiger partial charge in [0, 0.05) is 12.1 Å². The molecule has 1 aliphatic carbocycles. The van der Waals surface area contributed by atoms with E-state index in [-0.39, 0.29) is 5.91 Å². The van der Waals surface area contributed by atoms with Gasteiger partial charge in [-0.2, -0.15) is 5.10 Å². The van der Waals surface area contributed by atoms with Crippen LogP contribution in [0.5, 0.6) is 0 Å². The Morgan fingerprint density at radius 1 is 1.09 bits per heavy atom. The lowest BCUT2D eigenvalue weighted by molar-refractivity contribution is 0.101. The molecule has 5 nitrogen and oxygen atoms in total. The standard InChI is InChI=1S/C18H16N4O/c23-18(20-17-8-4-5-11-19-17)16-12-15(13-9-10-13)21-22(16)14-6-2-1-3-7-14/h1-8,11-13H,9-10H2,(H,19,20,23). The van der Waals surface area contributed by atoms with Crippen LogP contribution in [0.15, 0.2) is 60.8 Å². The second-order valence-electron chi connectivity index (χ2n) is 5.65. The quantitative estimate of drug-likeness (QED) is 0.803. The van der Waals surface area contributed by atoms with Crippen molar-refractivity contribution < 1.29 is 4.79 Å². The average Bonchev–Trinajstić information content (AvgIpc) is 3.35. The van der Waals surface area contributed by atoms with Crippen molar-refractivity contribution in [3.63, 3.8) is 0 Å². The van der Waals surface area contributed by atoms with Gasteiger partial charge in [-0.25, -0.2) is 9.67 Å². The van der Waals surface area contributed by atoms with Crippen LogP contribution in [0.2, 0.25) is 0 Å². The van der Waals surface area contributed by atoms with Crippen LogP contribution in [0.3, 0.4) is 0 Å². The van der Waals surface area contributed by atoms with Crippen LogP contribution in [0.25, 0.3) is 5.69 Å². The van der Waals surface area contributed by atoms with Gasteiger partial charge in [-0.15, -0.1) is 0 Å². The van der Waals surface area contributed by atoms with E-state index in [1.54, 1.807) is 16.9 Å². The highest BCUT2D eigenvalue weighted by Gasteiger charge is 2.29. The molecule has 1 saturated carbocycles. The summed E-state index contributed by atoms with van der Waals surface area (Å²) in [6, 6.07) is 17.0. The lowest BCUT2D eigenvalue weighted by Gasteiger charge is -2.07. The van der Waals surface area contributed by atoms with E-state index in [0.29, 0.717) is 17.4 Å². The zero-order valence-corrected chi connectivity index (χ0v) is 12.5. The number of aromatic nitrogens is 3. The number of carbonyl (C=O) groups excluding carboxylic acids is 1. The number of carbonyl (C=O) groups is 1. The third kappa shape index (κ3) is 2.85. The van der Waals surface area contributed by atoms with Gasteiger partial charge in [0.05, 0.1) is 11.4 Å². The predicted molar refractivity (Wildman–Crippen MR) is 87.7 cm³/mol. The van der Waals surface area contributed by atoms with Gasteiger partial charge in [0.15, 0.2) is 0 Å². The van der Waals surface area contributed by atoms with E-state index < -0.39 is 0 Å². The van der Waals surface area contributed by atoms with Crippen molar-refractivity contribution in [3.8, 4) is 5.69 Å². The van der Waals surface area contributed by atoms with Crippen LogP contribution < -0.4 is 5.32 Å². The molecule has 2 aromatic heterocycles. The van der Waals surface area contributed by atoms with Crippen LogP contribution in [0.1, 0.15) is 34.9 Å². The molecule has 0 radical (unpaired) electrons. The largest absolute Gasteiger partial charge is 0.305 e. The molecule has 0 spiro atoms. The maximum Gasteiger partial charge on any atom is 0.275 e. The van der Waals surface area contributed by atoms with Crippen molar-refractivity contribution in [3.05, 3.63) is 72.2 Å². The number of anilines is 1. The first-order valence-corrected chi connectivity index (χ1v) is 7.69. The molecule has 4 rings (SSSR count). The number of hydrogen-bond donors (Lipinski definition) is 1. The summed E-state index contributed by atoms with van der Waals surface area (Å²) in [6.45, 7) is 0. The number of para-hydroxylation sites is 1. The van der Waals surface area contributed by atoms with E-state index >= 15 is 0 Å². The fourth-order valence-corrected chi connectivity index (χ4v) is 2.52. The first-order valence-electron chi connectivity index (χ1n) is 7.69. The summed E-state index contributed by atoms with van der Waals surface area (Å²) >= 11 is 0. The lowest BCUT2D eigenvalue weighted by Crippen LogP contribution is -2.17. The Kier molecular flexibility index (Phi) is 3.38. The Morgan fingerprint density at radius 3 is 2.57 bits per heavy atom. The average molecular weight is 304 g/mol. The maximum absolute atomic E-state index is 12.7. The van der Waals surface area contributed by atoms with E-state index in [9.17, 15) is 4.79 Å². The third-order valence-corrected chi connectivity index (χ3v) is 3.86. The Morgan fingerprint density at radius 2 is 1.87 bits per heavy atom. The lowest BCUT2D eigenvalue weighted by atomic mass is 10.2. The third-order valence-electron chi connectivity index (χ3n) is 3.86. The van der Waals surface area contributed by atoms with E-state index in [4.69, 9.17) is 0 Å². The van der Waals surface area contributed by atoms with E-state index in [1.165, 1.54) is 0 Å². The summed E-state index contributed by atoms with van der Waals surface area (Å²) in [6.07, 6.45) is 3.94. The van der Waals surface area contributed by atoms with Crippen molar-refractivity contribution in [2.75, 3.05) is 5.32 Å². The zero-order valence-electron chi connectivity index (χ0n) is 12.5. The van der Waals surface area contributed by atoms with Crippen LogP contribution in [0, 0.1) is 0 Å². The minimum Gasteiger partial charge on any atom is -0.305 e. The second-order valence-corrected chi connectivity index (χ2v) is 5.65. The fourth-order valence-electron chi connectivity index (χ4n) is 2.52. The molecule has 0 atom stereocenters. The minimum atomic E-state index is -0.202. The highest BCUT2D eigenvalue weighted by molar-refractivity contribution is 6.03. The second kappa shape index (κ2) is 5.68. The molecule has 0 saturated heterocycles. The Bertz CT molecular complexity index is 823. The molecular formula is C18H16N4O. The van der Waals surface area contributed by atoms with Crippen molar-refractivity contribution >= 4 is 11.7 Å². The predicted octanol–water partition coefficient (Wildman–Crippen LogP) is 3.40. The summed E-state index contributed by atoms with van der Waals surface area (Å²) < 4.78 is 1.71. The normalized spacial score (nSPS) is 13.7. The Hall–Kier alpha value is -2.95. The number of nitrogens with one attached hydrogen (secondary N) is 1. The number of benzene rings is 1. The van der Waals surface area contributed by atoms with Crippen LogP contribution in [-0.4, -0.2) is 20.7 Å². The summed E-state index contributed by atoms with van der Waals surface area (Å²) in [5.74, 6) is 0.819. The van der Waals surface area contributed by atoms with Gasteiger partial charge in [0.25, 0.3) is 5.91 Å².